The van der Waals surface area contributed by atoms with E-state index in [0.29, 0.717) is 12.0 Å². The second kappa shape index (κ2) is 4.28. The number of nitrogens with zero attached hydrogens (tertiary/aromatic N) is 3. The quantitative estimate of drug-likeness (QED) is 0.720. The zero-order chi connectivity index (χ0) is 11.4. The van der Waals surface area contributed by atoms with Crippen LogP contribution in [0.3, 0.4) is 0 Å². The Balaban J connectivity index is 2.28. The summed E-state index contributed by atoms with van der Waals surface area (Å²) in [5.74, 6) is 0.236. The normalized spacial score (nSPS) is 9.44. The Morgan fingerprint density at radius 2 is 2.12 bits per heavy atom. The summed E-state index contributed by atoms with van der Waals surface area (Å²) in [6.07, 6.45) is 3.11. The fraction of sp³-hybridized carbons (Fsp3) is 0. The molecule has 1 heterocycles. The lowest BCUT2D eigenvalue weighted by Gasteiger charge is -2.00. The van der Waals surface area contributed by atoms with E-state index in [0.717, 1.165) is 5.69 Å². The minimum absolute atomic E-state index is 0.236. The lowest BCUT2D eigenvalue weighted by molar-refractivity contribution is -0.120. The number of imidazole rings is 1. The van der Waals surface area contributed by atoms with E-state index >= 15 is 0 Å². The summed E-state index contributed by atoms with van der Waals surface area (Å²) >= 11 is 0. The largest absolute Gasteiger partial charge is 0.408 e. The molecule has 0 atom stereocenters. The molecule has 0 bridgehead atoms. The first-order valence-corrected chi connectivity index (χ1v) is 4.48. The molecular formula is C11H7N3O2. The minimum atomic E-state index is 0.236. The molecule has 0 spiro atoms. The molecule has 5 nitrogen and oxygen atoms in total. The molecule has 2 rings (SSSR count). The fourth-order valence-corrected chi connectivity index (χ4v) is 1.26. The summed E-state index contributed by atoms with van der Waals surface area (Å²) in [6.45, 7) is 0.325. The third-order valence-electron chi connectivity index (χ3n) is 2.02. The first-order chi connectivity index (χ1) is 7.83. The Bertz CT molecular complexity index is 537. The average Bonchev–Trinajstić information content (AvgIpc) is 2.78. The minimum Gasteiger partial charge on any atom is -0.408 e. The highest BCUT2D eigenvalue weighted by atomic mass is 16.5. The van der Waals surface area contributed by atoms with Crippen LogP contribution in [0.1, 0.15) is 5.56 Å². The van der Waals surface area contributed by atoms with E-state index < -0.39 is 0 Å². The molecule has 0 radical (unpaired) electrons. The molecule has 0 saturated heterocycles. The van der Waals surface area contributed by atoms with Crippen LogP contribution in [0.4, 0.5) is 0 Å². The maximum Gasteiger partial charge on any atom is 0.299 e. The van der Waals surface area contributed by atoms with Crippen LogP contribution >= 0.6 is 0 Å². The smallest absolute Gasteiger partial charge is 0.299 e. The maximum atomic E-state index is 10.1. The van der Waals surface area contributed by atoms with Crippen LogP contribution in [-0.2, 0) is 4.79 Å². The molecule has 0 fully saturated rings. The number of carbonyl (C=O) groups is 1. The number of aromatic nitrogens is 2. The van der Waals surface area contributed by atoms with Crippen molar-refractivity contribution in [3.63, 3.8) is 0 Å². The van der Waals surface area contributed by atoms with Gasteiger partial charge in [0.05, 0.1) is 17.8 Å². The van der Waals surface area contributed by atoms with Crippen molar-refractivity contribution in [2.75, 3.05) is 0 Å². The number of hydrogen-bond acceptors (Lipinski definition) is 4. The van der Waals surface area contributed by atoms with Crippen molar-refractivity contribution in [3.05, 3.63) is 42.4 Å². The molecular weight excluding hydrogens is 206 g/mol. The van der Waals surface area contributed by atoms with Crippen LogP contribution in [0, 0.1) is 11.3 Å². The highest BCUT2D eigenvalue weighted by molar-refractivity contribution is 5.44. The Hall–Kier alpha value is -2.61. The van der Waals surface area contributed by atoms with E-state index in [1.165, 1.54) is 6.33 Å². The van der Waals surface area contributed by atoms with E-state index in [2.05, 4.69) is 9.72 Å². The van der Waals surface area contributed by atoms with E-state index in [4.69, 9.17) is 5.26 Å². The predicted molar refractivity (Wildman–Crippen MR) is 55.0 cm³/mol. The van der Waals surface area contributed by atoms with Gasteiger partial charge in [0, 0.05) is 5.69 Å². The van der Waals surface area contributed by atoms with Gasteiger partial charge < -0.3 is 9.30 Å². The topological polar surface area (TPSA) is 67.9 Å². The molecule has 16 heavy (non-hydrogen) atoms. The molecule has 1 aromatic heterocycles. The van der Waals surface area contributed by atoms with E-state index in [-0.39, 0.29) is 5.88 Å². The van der Waals surface area contributed by atoms with Gasteiger partial charge >= 0.3 is 0 Å². The highest BCUT2D eigenvalue weighted by Gasteiger charge is 2.01. The third kappa shape index (κ3) is 1.91. The zero-order valence-corrected chi connectivity index (χ0v) is 8.20. The molecule has 0 aliphatic carbocycles. The Morgan fingerprint density at radius 1 is 1.38 bits per heavy atom. The van der Waals surface area contributed by atoms with Gasteiger partial charge in [0.25, 0.3) is 6.47 Å². The van der Waals surface area contributed by atoms with Crippen molar-refractivity contribution >= 4 is 6.47 Å². The molecule has 78 valence electrons. The van der Waals surface area contributed by atoms with Gasteiger partial charge in [-0.1, -0.05) is 0 Å². The Kier molecular flexibility index (Phi) is 2.65. The standard InChI is InChI=1S/C11H7N3O2/c12-5-9-1-3-10(4-2-9)14-6-11(13-7-14)16-8-15/h1-4,6-8H. The molecule has 0 saturated carbocycles. The number of rotatable bonds is 3. The summed E-state index contributed by atoms with van der Waals surface area (Å²) in [6, 6.07) is 9.01. The number of ether oxygens (including phenoxy) is 1. The van der Waals surface area contributed by atoms with Crippen LogP contribution in [-0.4, -0.2) is 16.0 Å². The lowest BCUT2D eigenvalue weighted by atomic mass is 10.2. The molecule has 0 amide bonds. The Labute approximate surface area is 91.5 Å². The van der Waals surface area contributed by atoms with Crippen LogP contribution in [0.2, 0.25) is 0 Å². The van der Waals surface area contributed by atoms with Gasteiger partial charge in [-0.3, -0.25) is 4.79 Å². The Morgan fingerprint density at radius 3 is 2.75 bits per heavy atom. The van der Waals surface area contributed by atoms with Gasteiger partial charge in [-0.25, -0.2) is 4.98 Å². The van der Waals surface area contributed by atoms with E-state index in [1.54, 1.807) is 35.0 Å². The monoisotopic (exact) mass is 213 g/mol. The van der Waals surface area contributed by atoms with Crippen LogP contribution < -0.4 is 4.74 Å². The van der Waals surface area contributed by atoms with Crippen molar-refractivity contribution in [1.29, 1.82) is 5.26 Å². The van der Waals surface area contributed by atoms with Gasteiger partial charge in [-0.15, -0.1) is 0 Å². The number of nitriles is 1. The van der Waals surface area contributed by atoms with Crippen molar-refractivity contribution in [3.8, 4) is 17.6 Å². The second-order valence-electron chi connectivity index (χ2n) is 2.99. The van der Waals surface area contributed by atoms with Crippen LogP contribution in [0.15, 0.2) is 36.8 Å². The summed E-state index contributed by atoms with van der Waals surface area (Å²) in [7, 11) is 0. The predicted octanol–water partition coefficient (Wildman–Crippen LogP) is 1.28. The van der Waals surface area contributed by atoms with Gasteiger partial charge in [0.2, 0.25) is 5.88 Å². The van der Waals surface area contributed by atoms with Crippen molar-refractivity contribution in [2.45, 2.75) is 0 Å². The molecule has 1 aromatic carbocycles. The molecule has 0 aliphatic heterocycles. The highest BCUT2D eigenvalue weighted by Crippen LogP contribution is 2.13. The summed E-state index contributed by atoms with van der Waals surface area (Å²) in [5.41, 5.74) is 1.43. The third-order valence-corrected chi connectivity index (χ3v) is 2.02. The van der Waals surface area contributed by atoms with E-state index in [1.807, 2.05) is 6.07 Å². The lowest BCUT2D eigenvalue weighted by Crippen LogP contribution is -1.90. The van der Waals surface area contributed by atoms with Crippen molar-refractivity contribution in [2.24, 2.45) is 0 Å². The number of benzene rings is 1. The van der Waals surface area contributed by atoms with Crippen LogP contribution in [0.5, 0.6) is 5.88 Å². The number of carbonyl (C=O) groups excluding carboxylic acids is 1. The second-order valence-corrected chi connectivity index (χ2v) is 2.99. The first kappa shape index (κ1) is 9.93. The molecule has 2 aromatic rings. The fourth-order valence-electron chi connectivity index (χ4n) is 1.26. The van der Waals surface area contributed by atoms with Gasteiger partial charge in [-0.2, -0.15) is 5.26 Å². The first-order valence-electron chi connectivity index (χ1n) is 4.48. The summed E-state index contributed by atoms with van der Waals surface area (Å²) < 4.78 is 6.28. The molecule has 0 unspecified atom stereocenters. The van der Waals surface area contributed by atoms with Gasteiger partial charge in [-0.05, 0) is 24.3 Å². The van der Waals surface area contributed by atoms with Crippen molar-refractivity contribution in [1.82, 2.24) is 9.55 Å². The maximum absolute atomic E-state index is 10.1. The molecule has 5 heteroatoms. The van der Waals surface area contributed by atoms with Crippen LogP contribution in [0.25, 0.3) is 5.69 Å². The summed E-state index contributed by atoms with van der Waals surface area (Å²) in [5, 5.41) is 8.65. The molecule has 0 aliphatic rings. The zero-order valence-electron chi connectivity index (χ0n) is 8.20. The van der Waals surface area contributed by atoms with Gasteiger partial charge in [0.15, 0.2) is 0 Å². The van der Waals surface area contributed by atoms with E-state index in [9.17, 15) is 4.79 Å². The number of hydrogen-bond donors (Lipinski definition) is 0. The average molecular weight is 213 g/mol. The van der Waals surface area contributed by atoms with Crippen molar-refractivity contribution < 1.29 is 9.53 Å². The van der Waals surface area contributed by atoms with Gasteiger partial charge in [0.1, 0.15) is 6.33 Å². The summed E-state index contributed by atoms with van der Waals surface area (Å²) in [4.78, 5) is 14.0. The molecule has 0 N–H and O–H groups in total. The SMILES string of the molecule is N#Cc1ccc(-n2cnc(OC=O)c2)cc1.